The zero-order valence-corrected chi connectivity index (χ0v) is 10.2. The lowest BCUT2D eigenvalue weighted by Gasteiger charge is -2.05. The number of amides is 1. The number of carbonyl (C=O) groups excluding carboxylic acids is 1. The van der Waals surface area contributed by atoms with Gasteiger partial charge >= 0.3 is 0 Å². The molecule has 0 atom stereocenters. The van der Waals surface area contributed by atoms with Crippen molar-refractivity contribution < 1.29 is 4.79 Å². The molecule has 0 aliphatic heterocycles. The Kier molecular flexibility index (Phi) is 3.63. The Morgan fingerprint density at radius 1 is 1.50 bits per heavy atom. The van der Waals surface area contributed by atoms with Crippen LogP contribution in [0, 0.1) is 0 Å². The van der Waals surface area contributed by atoms with Gasteiger partial charge < -0.3 is 11.1 Å². The number of rotatable bonds is 4. The van der Waals surface area contributed by atoms with E-state index >= 15 is 0 Å². The molecule has 1 aromatic heterocycles. The van der Waals surface area contributed by atoms with Crippen LogP contribution in [0.1, 0.15) is 21.6 Å². The summed E-state index contributed by atoms with van der Waals surface area (Å²) in [6.07, 6.45) is 1.36. The van der Waals surface area contributed by atoms with Crippen molar-refractivity contribution in [3.63, 3.8) is 0 Å². The lowest BCUT2D eigenvalue weighted by molar-refractivity contribution is 0.0946. The van der Waals surface area contributed by atoms with Gasteiger partial charge in [0.1, 0.15) is 4.99 Å². The van der Waals surface area contributed by atoms with Crippen molar-refractivity contribution >= 4 is 23.1 Å². The van der Waals surface area contributed by atoms with E-state index in [-0.39, 0.29) is 11.6 Å². The highest BCUT2D eigenvalue weighted by atomic mass is 32.1. The molecule has 1 heterocycles. The standard InChI is InChI=1S/C11H11N5OS/c12-10(18)8-3-1-2-7(4-8)5-13-11(17)9-6-14-16-15-9/h1-4,6H,5H2,(H2,12,18)(H,13,17)(H,14,15,16). The summed E-state index contributed by atoms with van der Waals surface area (Å²) < 4.78 is 0. The molecule has 0 saturated carbocycles. The summed E-state index contributed by atoms with van der Waals surface area (Å²) in [5.74, 6) is -0.288. The van der Waals surface area contributed by atoms with Gasteiger partial charge in [-0.2, -0.15) is 15.4 Å². The van der Waals surface area contributed by atoms with Crippen LogP contribution in [-0.2, 0) is 6.54 Å². The minimum Gasteiger partial charge on any atom is -0.389 e. The molecule has 0 unspecified atom stereocenters. The van der Waals surface area contributed by atoms with Crippen LogP contribution < -0.4 is 11.1 Å². The molecule has 2 rings (SSSR count). The highest BCUT2D eigenvalue weighted by molar-refractivity contribution is 7.80. The van der Waals surface area contributed by atoms with Gasteiger partial charge in [0, 0.05) is 12.1 Å². The molecule has 1 amide bonds. The molecule has 4 N–H and O–H groups in total. The van der Waals surface area contributed by atoms with E-state index in [1.807, 2.05) is 24.3 Å². The third kappa shape index (κ3) is 2.89. The van der Waals surface area contributed by atoms with E-state index in [0.717, 1.165) is 11.1 Å². The summed E-state index contributed by atoms with van der Waals surface area (Å²) in [4.78, 5) is 11.9. The Morgan fingerprint density at radius 2 is 2.33 bits per heavy atom. The van der Waals surface area contributed by atoms with E-state index in [1.54, 1.807) is 0 Å². The van der Waals surface area contributed by atoms with Crippen LogP contribution >= 0.6 is 12.2 Å². The molecule has 0 radical (unpaired) electrons. The predicted octanol–water partition coefficient (Wildman–Crippen LogP) is 0.369. The van der Waals surface area contributed by atoms with Crippen molar-refractivity contribution in [1.29, 1.82) is 0 Å². The van der Waals surface area contributed by atoms with Gasteiger partial charge in [-0.15, -0.1) is 0 Å². The molecule has 1 aromatic carbocycles. The van der Waals surface area contributed by atoms with Crippen LogP contribution in [-0.4, -0.2) is 26.3 Å². The fourth-order valence-electron chi connectivity index (χ4n) is 1.42. The summed E-state index contributed by atoms with van der Waals surface area (Å²) in [5.41, 5.74) is 7.48. The predicted molar refractivity (Wildman–Crippen MR) is 69.9 cm³/mol. The van der Waals surface area contributed by atoms with Crippen LogP contribution in [0.5, 0.6) is 0 Å². The topological polar surface area (TPSA) is 96.7 Å². The fourth-order valence-corrected chi connectivity index (χ4v) is 1.55. The zero-order chi connectivity index (χ0) is 13.0. The van der Waals surface area contributed by atoms with Crippen molar-refractivity contribution in [2.24, 2.45) is 5.73 Å². The number of thiocarbonyl (C=S) groups is 1. The van der Waals surface area contributed by atoms with E-state index in [1.165, 1.54) is 6.20 Å². The van der Waals surface area contributed by atoms with Gasteiger partial charge in [-0.25, -0.2) is 0 Å². The van der Waals surface area contributed by atoms with Gasteiger partial charge in [-0.05, 0) is 11.6 Å². The van der Waals surface area contributed by atoms with Gasteiger partial charge in [-0.1, -0.05) is 30.4 Å². The van der Waals surface area contributed by atoms with Gasteiger partial charge in [0.15, 0.2) is 5.69 Å². The quantitative estimate of drug-likeness (QED) is 0.691. The summed E-state index contributed by atoms with van der Waals surface area (Å²) >= 11 is 4.89. The minimum atomic E-state index is -0.288. The maximum atomic E-state index is 11.6. The smallest absolute Gasteiger partial charge is 0.273 e. The van der Waals surface area contributed by atoms with Crippen LogP contribution in [0.2, 0.25) is 0 Å². The molecule has 2 aromatic rings. The van der Waals surface area contributed by atoms with Crippen molar-refractivity contribution in [1.82, 2.24) is 20.7 Å². The van der Waals surface area contributed by atoms with Crippen LogP contribution in [0.25, 0.3) is 0 Å². The van der Waals surface area contributed by atoms with Crippen LogP contribution in [0.4, 0.5) is 0 Å². The number of hydrogen-bond donors (Lipinski definition) is 3. The maximum absolute atomic E-state index is 11.6. The normalized spacial score (nSPS) is 10.0. The van der Waals surface area contributed by atoms with Crippen molar-refractivity contribution in [2.45, 2.75) is 6.54 Å². The molecule has 6 nitrogen and oxygen atoms in total. The monoisotopic (exact) mass is 261 g/mol. The molecular formula is C11H11N5OS. The molecule has 0 saturated heterocycles. The summed E-state index contributed by atoms with van der Waals surface area (Å²) in [6.45, 7) is 0.377. The lowest BCUT2D eigenvalue weighted by Crippen LogP contribution is -2.23. The van der Waals surface area contributed by atoms with E-state index in [2.05, 4.69) is 20.7 Å². The zero-order valence-electron chi connectivity index (χ0n) is 9.38. The highest BCUT2D eigenvalue weighted by Gasteiger charge is 2.07. The summed E-state index contributed by atoms with van der Waals surface area (Å²) in [7, 11) is 0. The largest absolute Gasteiger partial charge is 0.389 e. The van der Waals surface area contributed by atoms with Gasteiger partial charge in [0.05, 0.1) is 6.20 Å². The second kappa shape index (κ2) is 5.37. The summed E-state index contributed by atoms with van der Waals surface area (Å²) in [6, 6.07) is 7.38. The maximum Gasteiger partial charge on any atom is 0.273 e. The van der Waals surface area contributed by atoms with Crippen LogP contribution in [0.15, 0.2) is 30.5 Å². The molecule has 18 heavy (non-hydrogen) atoms. The average Bonchev–Trinajstić information content (AvgIpc) is 2.90. The number of hydrogen-bond acceptors (Lipinski definition) is 4. The number of nitrogens with zero attached hydrogens (tertiary/aromatic N) is 2. The Labute approximate surface area is 109 Å². The molecule has 0 spiro atoms. The fraction of sp³-hybridized carbons (Fsp3) is 0.0909. The van der Waals surface area contributed by atoms with E-state index in [0.29, 0.717) is 11.5 Å². The SMILES string of the molecule is NC(=S)c1cccc(CNC(=O)c2cn[nH]n2)c1. The number of aromatic nitrogens is 3. The van der Waals surface area contributed by atoms with Gasteiger partial charge in [0.25, 0.3) is 5.91 Å². The third-order valence-electron chi connectivity index (χ3n) is 2.31. The first-order valence-electron chi connectivity index (χ1n) is 5.19. The second-order valence-corrected chi connectivity index (χ2v) is 4.04. The molecule has 0 aliphatic rings. The molecule has 7 heteroatoms. The Morgan fingerprint density at radius 3 is 3.00 bits per heavy atom. The van der Waals surface area contributed by atoms with Crippen molar-refractivity contribution in [3.8, 4) is 0 Å². The Balaban J connectivity index is 2.00. The third-order valence-corrected chi connectivity index (χ3v) is 2.55. The van der Waals surface area contributed by atoms with E-state index in [9.17, 15) is 4.79 Å². The van der Waals surface area contributed by atoms with Gasteiger partial charge in [0.2, 0.25) is 0 Å². The Bertz CT molecular complexity index is 567. The Hall–Kier alpha value is -2.28. The van der Waals surface area contributed by atoms with Gasteiger partial charge in [-0.3, -0.25) is 4.79 Å². The van der Waals surface area contributed by atoms with Crippen molar-refractivity contribution in [3.05, 3.63) is 47.3 Å². The van der Waals surface area contributed by atoms with Crippen LogP contribution in [0.3, 0.4) is 0 Å². The average molecular weight is 261 g/mol. The molecular weight excluding hydrogens is 250 g/mol. The molecule has 0 bridgehead atoms. The number of nitrogens with two attached hydrogens (primary N) is 1. The molecule has 92 valence electrons. The number of carbonyl (C=O) groups is 1. The van der Waals surface area contributed by atoms with E-state index in [4.69, 9.17) is 18.0 Å². The second-order valence-electron chi connectivity index (χ2n) is 3.60. The summed E-state index contributed by atoms with van der Waals surface area (Å²) in [5, 5.41) is 12.4. The number of benzene rings is 1. The molecule has 0 fully saturated rings. The van der Waals surface area contributed by atoms with E-state index < -0.39 is 0 Å². The lowest BCUT2D eigenvalue weighted by atomic mass is 10.1. The first kappa shape index (κ1) is 12.2. The number of nitrogens with one attached hydrogen (secondary N) is 2. The van der Waals surface area contributed by atoms with Crippen molar-refractivity contribution in [2.75, 3.05) is 0 Å². The first-order valence-corrected chi connectivity index (χ1v) is 5.60. The molecule has 0 aliphatic carbocycles. The number of aromatic amines is 1. The highest BCUT2D eigenvalue weighted by Crippen LogP contribution is 2.05. The number of H-pyrrole nitrogens is 1. The first-order chi connectivity index (χ1) is 8.66. The minimum absolute atomic E-state index is 0.250.